The van der Waals surface area contributed by atoms with Gasteiger partial charge in [-0.15, -0.1) is 0 Å². The van der Waals surface area contributed by atoms with Gasteiger partial charge in [0, 0.05) is 5.56 Å². The molecule has 0 spiro atoms. The van der Waals surface area contributed by atoms with Crippen LogP contribution in [0.2, 0.25) is 0 Å². The first-order chi connectivity index (χ1) is 8.11. The van der Waals surface area contributed by atoms with Gasteiger partial charge in [-0.1, -0.05) is 0 Å². The number of benzene rings is 1. The number of H-pyrrole nitrogens is 1. The molecule has 0 saturated heterocycles. The molecule has 17 heavy (non-hydrogen) atoms. The summed E-state index contributed by atoms with van der Waals surface area (Å²) in [6.07, 6.45) is -1.48. The van der Waals surface area contributed by atoms with Crippen molar-refractivity contribution in [1.29, 1.82) is 0 Å². The minimum absolute atomic E-state index is 0.226. The van der Waals surface area contributed by atoms with Crippen molar-refractivity contribution in [1.82, 2.24) is 9.97 Å². The molecule has 1 aromatic carbocycles. The quantitative estimate of drug-likeness (QED) is 0.869. The summed E-state index contributed by atoms with van der Waals surface area (Å²) in [5, 5.41) is 8.83. The van der Waals surface area contributed by atoms with E-state index in [0.717, 1.165) is 12.1 Å². The van der Waals surface area contributed by atoms with Crippen LogP contribution >= 0.6 is 0 Å². The maximum absolute atomic E-state index is 13.1. The van der Waals surface area contributed by atoms with Crippen LogP contribution in [0.15, 0.2) is 24.4 Å². The van der Waals surface area contributed by atoms with E-state index >= 15 is 0 Å². The van der Waals surface area contributed by atoms with Gasteiger partial charge in [0.1, 0.15) is 11.6 Å². The molecule has 0 radical (unpaired) electrons. The highest BCUT2D eigenvalue weighted by Gasteiger charge is 2.15. The Balaban J connectivity index is 2.42. The van der Waals surface area contributed by atoms with Gasteiger partial charge in [0.05, 0.1) is 24.1 Å². The number of aromatic amines is 1. The number of rotatable bonds is 3. The van der Waals surface area contributed by atoms with Crippen molar-refractivity contribution >= 4 is 0 Å². The molecule has 1 heterocycles. The molecule has 0 aliphatic carbocycles. The number of alkyl halides is 2. The SMILES string of the molecule is OCc1cnc(-c2ccc(F)c(C(F)F)c2)[nH]1. The summed E-state index contributed by atoms with van der Waals surface area (Å²) < 4.78 is 38.0. The molecule has 2 aromatic rings. The molecule has 3 nitrogen and oxygen atoms in total. The zero-order chi connectivity index (χ0) is 12.4. The molecule has 1 aromatic heterocycles. The number of hydrogen-bond acceptors (Lipinski definition) is 2. The van der Waals surface area contributed by atoms with Crippen LogP contribution in [0.5, 0.6) is 0 Å². The van der Waals surface area contributed by atoms with E-state index in [1.54, 1.807) is 0 Å². The van der Waals surface area contributed by atoms with Gasteiger partial charge in [-0.05, 0) is 18.2 Å². The van der Waals surface area contributed by atoms with Crippen molar-refractivity contribution in [3.63, 3.8) is 0 Å². The van der Waals surface area contributed by atoms with Gasteiger partial charge >= 0.3 is 0 Å². The van der Waals surface area contributed by atoms with Crippen molar-refractivity contribution in [2.45, 2.75) is 13.0 Å². The van der Waals surface area contributed by atoms with Crippen molar-refractivity contribution in [2.24, 2.45) is 0 Å². The van der Waals surface area contributed by atoms with Gasteiger partial charge in [0.15, 0.2) is 0 Å². The first-order valence-corrected chi connectivity index (χ1v) is 4.84. The second-order valence-electron chi connectivity index (χ2n) is 3.45. The number of nitrogens with zero attached hydrogens (tertiary/aromatic N) is 1. The predicted molar refractivity (Wildman–Crippen MR) is 54.9 cm³/mol. The molecule has 0 atom stereocenters. The highest BCUT2D eigenvalue weighted by Crippen LogP contribution is 2.26. The molecule has 2 rings (SSSR count). The summed E-state index contributed by atoms with van der Waals surface area (Å²) in [6, 6.07) is 3.36. The van der Waals surface area contributed by atoms with Crippen LogP contribution < -0.4 is 0 Å². The van der Waals surface area contributed by atoms with E-state index < -0.39 is 17.8 Å². The highest BCUT2D eigenvalue weighted by atomic mass is 19.3. The minimum atomic E-state index is -2.87. The molecule has 0 bridgehead atoms. The Morgan fingerprint density at radius 3 is 2.71 bits per heavy atom. The second-order valence-corrected chi connectivity index (χ2v) is 3.45. The molecule has 0 unspecified atom stereocenters. The first kappa shape index (κ1) is 11.7. The Morgan fingerprint density at radius 2 is 2.12 bits per heavy atom. The van der Waals surface area contributed by atoms with Crippen LogP contribution in [-0.4, -0.2) is 15.1 Å². The number of nitrogens with one attached hydrogen (secondary N) is 1. The van der Waals surface area contributed by atoms with Crippen LogP contribution in [0.3, 0.4) is 0 Å². The van der Waals surface area contributed by atoms with Crippen molar-refractivity contribution in [3.05, 3.63) is 41.5 Å². The van der Waals surface area contributed by atoms with Gasteiger partial charge in [0.25, 0.3) is 6.43 Å². The number of aromatic nitrogens is 2. The molecular formula is C11H9F3N2O. The third kappa shape index (κ3) is 2.31. The molecule has 6 heteroatoms. The fraction of sp³-hybridized carbons (Fsp3) is 0.182. The second kappa shape index (κ2) is 4.58. The fourth-order valence-corrected chi connectivity index (χ4v) is 1.44. The topological polar surface area (TPSA) is 48.9 Å². The van der Waals surface area contributed by atoms with Gasteiger partial charge in [-0.3, -0.25) is 0 Å². The Labute approximate surface area is 94.9 Å². The van der Waals surface area contributed by atoms with Crippen LogP contribution in [-0.2, 0) is 6.61 Å². The molecule has 0 saturated carbocycles. The standard InChI is InChI=1S/C11H9F3N2O/c12-9-2-1-6(3-8(9)10(13)14)11-15-4-7(5-17)16-11/h1-4,10,17H,5H2,(H,15,16). The van der Waals surface area contributed by atoms with Crippen LogP contribution in [0.4, 0.5) is 13.2 Å². The summed E-state index contributed by atoms with van der Waals surface area (Å²) in [5.41, 5.74) is 0.147. The van der Waals surface area contributed by atoms with Crippen LogP contribution in [0, 0.1) is 5.82 Å². The zero-order valence-corrected chi connectivity index (χ0v) is 8.62. The molecule has 0 aliphatic rings. The fourth-order valence-electron chi connectivity index (χ4n) is 1.44. The van der Waals surface area contributed by atoms with Gasteiger partial charge in [-0.2, -0.15) is 0 Å². The van der Waals surface area contributed by atoms with Gasteiger partial charge in [0.2, 0.25) is 0 Å². The normalized spacial score (nSPS) is 11.1. The molecule has 0 amide bonds. The zero-order valence-electron chi connectivity index (χ0n) is 8.62. The van der Waals surface area contributed by atoms with Crippen molar-refractivity contribution in [2.75, 3.05) is 0 Å². The lowest BCUT2D eigenvalue weighted by Crippen LogP contribution is -1.92. The van der Waals surface area contributed by atoms with E-state index in [1.807, 2.05) is 0 Å². The van der Waals surface area contributed by atoms with E-state index in [4.69, 9.17) is 5.11 Å². The van der Waals surface area contributed by atoms with Gasteiger partial charge in [-0.25, -0.2) is 18.2 Å². The lowest BCUT2D eigenvalue weighted by Gasteiger charge is -2.04. The first-order valence-electron chi connectivity index (χ1n) is 4.84. The number of hydrogen-bond donors (Lipinski definition) is 2. The summed E-state index contributed by atoms with van der Waals surface area (Å²) in [4.78, 5) is 6.64. The lowest BCUT2D eigenvalue weighted by atomic mass is 10.1. The molecule has 2 N–H and O–H groups in total. The van der Waals surface area contributed by atoms with E-state index in [1.165, 1.54) is 12.3 Å². The maximum atomic E-state index is 13.1. The average molecular weight is 242 g/mol. The number of halogens is 3. The summed E-state index contributed by atoms with van der Waals surface area (Å²) in [5.74, 6) is -0.631. The third-order valence-corrected chi connectivity index (χ3v) is 2.30. The highest BCUT2D eigenvalue weighted by molar-refractivity contribution is 5.56. The van der Waals surface area contributed by atoms with Crippen LogP contribution in [0.25, 0.3) is 11.4 Å². The molecular weight excluding hydrogens is 233 g/mol. The lowest BCUT2D eigenvalue weighted by molar-refractivity contribution is 0.146. The molecule has 0 fully saturated rings. The number of aliphatic hydroxyl groups excluding tert-OH is 1. The molecule has 90 valence electrons. The maximum Gasteiger partial charge on any atom is 0.266 e. The Kier molecular flexibility index (Phi) is 3.14. The monoisotopic (exact) mass is 242 g/mol. The summed E-state index contributed by atoms with van der Waals surface area (Å²) in [7, 11) is 0. The van der Waals surface area contributed by atoms with Crippen LogP contribution in [0.1, 0.15) is 17.7 Å². The Morgan fingerprint density at radius 1 is 1.35 bits per heavy atom. The smallest absolute Gasteiger partial charge is 0.266 e. The number of aliphatic hydroxyl groups is 1. The third-order valence-electron chi connectivity index (χ3n) is 2.30. The summed E-state index contributed by atoms with van der Waals surface area (Å²) >= 11 is 0. The molecule has 0 aliphatic heterocycles. The average Bonchev–Trinajstić information content (AvgIpc) is 2.78. The van der Waals surface area contributed by atoms with Gasteiger partial charge < -0.3 is 10.1 Å². The Hall–Kier alpha value is -1.82. The predicted octanol–water partition coefficient (Wildman–Crippen LogP) is 2.65. The van der Waals surface area contributed by atoms with Crippen molar-refractivity contribution < 1.29 is 18.3 Å². The summed E-state index contributed by atoms with van der Waals surface area (Å²) in [6.45, 7) is -0.226. The Bertz CT molecular complexity index is 525. The van der Waals surface area contributed by atoms with E-state index in [9.17, 15) is 13.2 Å². The largest absolute Gasteiger partial charge is 0.390 e. The minimum Gasteiger partial charge on any atom is -0.390 e. The van der Waals surface area contributed by atoms with E-state index in [2.05, 4.69) is 9.97 Å². The van der Waals surface area contributed by atoms with E-state index in [-0.39, 0.29) is 6.61 Å². The van der Waals surface area contributed by atoms with Crippen molar-refractivity contribution in [3.8, 4) is 11.4 Å². The number of imidazole rings is 1. The van der Waals surface area contributed by atoms with E-state index in [0.29, 0.717) is 17.1 Å².